The molecular formula is C22H26F3N3O5. The lowest BCUT2D eigenvalue weighted by atomic mass is 10.1. The molecule has 2 aromatic heterocycles. The summed E-state index contributed by atoms with van der Waals surface area (Å²) < 4.78 is 43.3. The summed E-state index contributed by atoms with van der Waals surface area (Å²) in [6, 6.07) is 5.85. The number of carboxylic acids is 1. The fourth-order valence-corrected chi connectivity index (χ4v) is 3.68. The highest BCUT2D eigenvalue weighted by Crippen LogP contribution is 2.36. The largest absolute Gasteiger partial charge is 0.493 e. The number of hydrogen-bond donors (Lipinski definition) is 3. The van der Waals surface area contributed by atoms with Gasteiger partial charge in [0.2, 0.25) is 0 Å². The number of aromatic amines is 1. The highest BCUT2D eigenvalue weighted by molar-refractivity contribution is 6.08. The number of rotatable bonds is 7. The van der Waals surface area contributed by atoms with Gasteiger partial charge in [-0.25, -0.2) is 4.79 Å². The number of nitrogens with zero attached hydrogens (tertiary/aromatic N) is 2. The zero-order valence-corrected chi connectivity index (χ0v) is 18.1. The first-order chi connectivity index (χ1) is 15.7. The number of benzene rings is 1. The molecule has 1 saturated heterocycles. The SMILES string of the molecule is COc1cc2c(cc1OCCCN1CCCC1)[nH]c1cc(CO)ncc12.O=C(O)C(F)(F)F. The smallest absolute Gasteiger partial charge is 0.490 e. The van der Waals surface area contributed by atoms with Gasteiger partial charge in [-0.1, -0.05) is 0 Å². The van der Waals surface area contributed by atoms with Crippen LogP contribution in [0.4, 0.5) is 13.2 Å². The molecule has 3 aromatic rings. The minimum atomic E-state index is -5.08. The van der Waals surface area contributed by atoms with Crippen LogP contribution in [0.3, 0.4) is 0 Å². The fourth-order valence-electron chi connectivity index (χ4n) is 3.68. The Morgan fingerprint density at radius 2 is 1.82 bits per heavy atom. The second-order valence-corrected chi connectivity index (χ2v) is 7.61. The molecule has 8 nitrogen and oxygen atoms in total. The maximum absolute atomic E-state index is 10.6. The number of ether oxygens (including phenoxy) is 2. The van der Waals surface area contributed by atoms with Crippen LogP contribution in [0, 0.1) is 0 Å². The number of methoxy groups -OCH3 is 1. The molecule has 33 heavy (non-hydrogen) atoms. The van der Waals surface area contributed by atoms with Gasteiger partial charge < -0.3 is 29.6 Å². The van der Waals surface area contributed by atoms with Crippen molar-refractivity contribution in [3.63, 3.8) is 0 Å². The van der Waals surface area contributed by atoms with Crippen molar-refractivity contribution in [2.45, 2.75) is 32.0 Å². The third-order valence-electron chi connectivity index (χ3n) is 5.30. The number of likely N-dealkylation sites (tertiary alicyclic amines) is 1. The van der Waals surface area contributed by atoms with Gasteiger partial charge in [0.25, 0.3) is 0 Å². The number of aliphatic hydroxyl groups excluding tert-OH is 1. The van der Waals surface area contributed by atoms with Crippen LogP contribution in [-0.4, -0.2) is 70.6 Å². The molecule has 0 amide bonds. The van der Waals surface area contributed by atoms with Crippen LogP contribution in [0.15, 0.2) is 24.4 Å². The van der Waals surface area contributed by atoms with Crippen molar-refractivity contribution in [2.75, 3.05) is 33.4 Å². The Morgan fingerprint density at radius 3 is 2.42 bits per heavy atom. The minimum Gasteiger partial charge on any atom is -0.493 e. The second-order valence-electron chi connectivity index (χ2n) is 7.61. The van der Waals surface area contributed by atoms with E-state index in [0.29, 0.717) is 12.3 Å². The van der Waals surface area contributed by atoms with Gasteiger partial charge in [-0.2, -0.15) is 13.2 Å². The predicted octanol–water partition coefficient (Wildman–Crippen LogP) is 3.72. The molecular weight excluding hydrogens is 443 g/mol. The number of aliphatic hydroxyl groups is 1. The highest BCUT2D eigenvalue weighted by atomic mass is 19.4. The molecule has 4 rings (SSSR count). The Labute approximate surface area is 187 Å². The topological polar surface area (TPSA) is 108 Å². The Morgan fingerprint density at radius 1 is 1.15 bits per heavy atom. The number of pyridine rings is 1. The Kier molecular flexibility index (Phi) is 7.98. The summed E-state index contributed by atoms with van der Waals surface area (Å²) >= 11 is 0. The molecule has 0 atom stereocenters. The summed E-state index contributed by atoms with van der Waals surface area (Å²) in [5, 5.41) is 18.5. The van der Waals surface area contributed by atoms with E-state index < -0.39 is 12.1 Å². The summed E-state index contributed by atoms with van der Waals surface area (Å²) in [7, 11) is 1.66. The molecule has 1 aliphatic heterocycles. The van der Waals surface area contributed by atoms with E-state index in [-0.39, 0.29) is 6.61 Å². The Balaban J connectivity index is 0.000000383. The summed E-state index contributed by atoms with van der Waals surface area (Å²) in [5.41, 5.74) is 2.58. The Hall–Kier alpha value is -3.05. The molecule has 0 spiro atoms. The number of aliphatic carboxylic acids is 1. The lowest BCUT2D eigenvalue weighted by Gasteiger charge is -2.15. The van der Waals surface area contributed by atoms with Gasteiger partial charge in [0.15, 0.2) is 11.5 Å². The van der Waals surface area contributed by atoms with Crippen LogP contribution in [0.2, 0.25) is 0 Å². The minimum absolute atomic E-state index is 0.0694. The number of alkyl halides is 3. The molecule has 1 fully saturated rings. The van der Waals surface area contributed by atoms with E-state index in [1.807, 2.05) is 18.2 Å². The van der Waals surface area contributed by atoms with Crippen molar-refractivity contribution < 1.29 is 37.7 Å². The molecule has 0 radical (unpaired) electrons. The van der Waals surface area contributed by atoms with E-state index in [1.165, 1.54) is 25.9 Å². The van der Waals surface area contributed by atoms with Gasteiger partial charge in [0.1, 0.15) is 0 Å². The first-order valence-corrected chi connectivity index (χ1v) is 10.5. The van der Waals surface area contributed by atoms with E-state index in [4.69, 9.17) is 19.4 Å². The normalized spacial score (nSPS) is 14.3. The first kappa shape index (κ1) is 24.6. The maximum Gasteiger partial charge on any atom is 0.490 e. The van der Waals surface area contributed by atoms with Gasteiger partial charge in [-0.3, -0.25) is 4.98 Å². The van der Waals surface area contributed by atoms with Crippen LogP contribution in [0.1, 0.15) is 25.0 Å². The molecule has 1 aliphatic rings. The highest BCUT2D eigenvalue weighted by Gasteiger charge is 2.38. The van der Waals surface area contributed by atoms with E-state index in [0.717, 1.165) is 46.3 Å². The van der Waals surface area contributed by atoms with Crippen molar-refractivity contribution in [3.8, 4) is 11.5 Å². The fraction of sp³-hybridized carbons (Fsp3) is 0.455. The number of nitrogens with one attached hydrogen (secondary N) is 1. The molecule has 0 bridgehead atoms. The molecule has 3 N–H and O–H groups in total. The summed E-state index contributed by atoms with van der Waals surface area (Å²) in [6.07, 6.45) is 0.352. The molecule has 11 heteroatoms. The quantitative estimate of drug-likeness (QED) is 0.453. The van der Waals surface area contributed by atoms with Crippen molar-refractivity contribution in [1.82, 2.24) is 14.9 Å². The number of carboxylic acid groups (broad SMARTS) is 1. The van der Waals surface area contributed by atoms with E-state index in [1.54, 1.807) is 13.3 Å². The summed E-state index contributed by atoms with van der Waals surface area (Å²) in [4.78, 5) is 19.1. The van der Waals surface area contributed by atoms with Crippen LogP contribution in [-0.2, 0) is 11.4 Å². The molecule has 0 unspecified atom stereocenters. The van der Waals surface area contributed by atoms with Crippen LogP contribution >= 0.6 is 0 Å². The van der Waals surface area contributed by atoms with Crippen molar-refractivity contribution in [1.29, 1.82) is 0 Å². The van der Waals surface area contributed by atoms with Crippen LogP contribution in [0.5, 0.6) is 11.5 Å². The molecule has 0 saturated carbocycles. The van der Waals surface area contributed by atoms with Gasteiger partial charge in [0, 0.05) is 35.1 Å². The Bertz CT molecular complexity index is 1090. The third kappa shape index (κ3) is 6.26. The second kappa shape index (κ2) is 10.7. The monoisotopic (exact) mass is 469 g/mol. The number of fused-ring (bicyclic) bond motifs is 3. The lowest BCUT2D eigenvalue weighted by Crippen LogP contribution is -2.21. The summed E-state index contributed by atoms with van der Waals surface area (Å²) in [6.45, 7) is 4.13. The first-order valence-electron chi connectivity index (χ1n) is 10.5. The number of aromatic nitrogens is 2. The lowest BCUT2D eigenvalue weighted by molar-refractivity contribution is -0.192. The predicted molar refractivity (Wildman–Crippen MR) is 116 cm³/mol. The summed E-state index contributed by atoms with van der Waals surface area (Å²) in [5.74, 6) is -1.28. The zero-order valence-electron chi connectivity index (χ0n) is 18.1. The average Bonchev–Trinajstić information content (AvgIpc) is 3.42. The molecule has 3 heterocycles. The van der Waals surface area contributed by atoms with Crippen molar-refractivity contribution >= 4 is 27.8 Å². The van der Waals surface area contributed by atoms with Crippen LogP contribution in [0.25, 0.3) is 21.8 Å². The molecule has 180 valence electrons. The molecule has 0 aliphatic carbocycles. The number of halogens is 3. The van der Waals surface area contributed by atoms with E-state index in [9.17, 15) is 18.3 Å². The van der Waals surface area contributed by atoms with Crippen molar-refractivity contribution in [2.24, 2.45) is 0 Å². The van der Waals surface area contributed by atoms with Gasteiger partial charge >= 0.3 is 12.1 Å². The van der Waals surface area contributed by atoms with Gasteiger partial charge in [0.05, 0.1) is 31.5 Å². The number of carbonyl (C=O) groups is 1. The van der Waals surface area contributed by atoms with Crippen LogP contribution < -0.4 is 9.47 Å². The van der Waals surface area contributed by atoms with Gasteiger partial charge in [-0.15, -0.1) is 0 Å². The van der Waals surface area contributed by atoms with Crippen molar-refractivity contribution in [3.05, 3.63) is 30.1 Å². The number of hydrogen-bond acceptors (Lipinski definition) is 6. The average molecular weight is 469 g/mol. The van der Waals surface area contributed by atoms with Gasteiger partial charge in [-0.05, 0) is 44.5 Å². The standard InChI is InChI=1S/C20H25N3O3.C2HF3O2/c1-25-19-10-15-16-12-21-14(13-24)9-17(16)22-18(15)11-20(19)26-8-4-7-23-5-2-3-6-23;3-2(4,5)1(6)7/h9-12,22,24H,2-8,13H2,1H3;(H,6,7). The third-order valence-corrected chi connectivity index (χ3v) is 5.30. The maximum atomic E-state index is 10.6. The number of H-pyrrole nitrogens is 1. The van der Waals surface area contributed by atoms with E-state index in [2.05, 4.69) is 14.9 Å². The molecule has 1 aromatic carbocycles. The zero-order chi connectivity index (χ0) is 24.0. The van der Waals surface area contributed by atoms with E-state index >= 15 is 0 Å².